The summed E-state index contributed by atoms with van der Waals surface area (Å²) in [6, 6.07) is 16.8. The van der Waals surface area contributed by atoms with Gasteiger partial charge in [-0.25, -0.2) is 0 Å². The predicted octanol–water partition coefficient (Wildman–Crippen LogP) is 3.31. The Labute approximate surface area is 230 Å². The van der Waals surface area contributed by atoms with Crippen molar-refractivity contribution in [2.75, 3.05) is 19.8 Å². The molecule has 3 atom stereocenters. The van der Waals surface area contributed by atoms with E-state index in [1.165, 1.54) is 0 Å². The number of amides is 2. The number of hydrogen-bond acceptors (Lipinski definition) is 6. The normalized spacial score (nSPS) is 22.5. The van der Waals surface area contributed by atoms with E-state index in [1.807, 2.05) is 66.7 Å². The van der Waals surface area contributed by atoms with E-state index in [9.17, 15) is 19.5 Å². The number of nitrogens with one attached hydrogen (secondary N) is 1. The lowest BCUT2D eigenvalue weighted by molar-refractivity contribution is -0.146. The topological polar surface area (TPSA) is 105 Å². The fourth-order valence-electron chi connectivity index (χ4n) is 5.01. The zero-order valence-electron chi connectivity index (χ0n) is 22.3. The fourth-order valence-corrected chi connectivity index (χ4v) is 5.01. The van der Waals surface area contributed by atoms with Crippen LogP contribution in [0, 0.1) is 5.92 Å². The minimum absolute atomic E-state index is 0.00293. The van der Waals surface area contributed by atoms with Crippen LogP contribution in [0.4, 0.5) is 0 Å². The number of allylic oxidation sites excluding steroid dienone is 2. The Morgan fingerprint density at radius 2 is 1.82 bits per heavy atom. The van der Waals surface area contributed by atoms with Crippen LogP contribution in [0.3, 0.4) is 0 Å². The van der Waals surface area contributed by atoms with Crippen LogP contribution >= 0.6 is 0 Å². The minimum Gasteiger partial charge on any atom is -0.463 e. The van der Waals surface area contributed by atoms with Crippen LogP contribution in [-0.2, 0) is 43.4 Å². The molecule has 0 unspecified atom stereocenters. The molecular weight excluding hydrogens is 496 g/mol. The first-order valence-electron chi connectivity index (χ1n) is 13.7. The first-order chi connectivity index (χ1) is 19.0. The Balaban J connectivity index is 1.44. The maximum Gasteiger partial charge on any atom is 0.305 e. The standard InChI is InChI=1S/C31H38N2O6/c34-19-28-16-24-12-8-9-14-26(24)18-33(28)29(35)17-25-13-6-1-2-7-15-30(36)39-22-27(32-31(25)37)21-38-20-23-10-4-3-5-11-23/h1,3-6,8-12,14,25,27-28,34H,2,7,13,15-22H2,(H,32,37)/t25-,27+,28+/m1/s1. The average Bonchev–Trinajstić information content (AvgIpc) is 2.97. The fraction of sp³-hybridized carbons (Fsp3) is 0.452. The summed E-state index contributed by atoms with van der Waals surface area (Å²) < 4.78 is 11.3. The van der Waals surface area contributed by atoms with E-state index >= 15 is 0 Å². The number of esters is 1. The number of ether oxygens (including phenoxy) is 2. The van der Waals surface area contributed by atoms with Crippen molar-refractivity contribution in [1.29, 1.82) is 0 Å². The molecule has 2 aliphatic rings. The molecule has 0 saturated carbocycles. The molecule has 0 spiro atoms. The number of rotatable bonds is 7. The lowest BCUT2D eigenvalue weighted by Gasteiger charge is -2.36. The van der Waals surface area contributed by atoms with Gasteiger partial charge in [0.05, 0.1) is 37.8 Å². The molecule has 2 aromatic carbocycles. The van der Waals surface area contributed by atoms with Crippen LogP contribution in [0.15, 0.2) is 66.7 Å². The van der Waals surface area contributed by atoms with Gasteiger partial charge in [0.15, 0.2) is 0 Å². The molecule has 0 radical (unpaired) electrons. The van der Waals surface area contributed by atoms with Crippen LogP contribution in [0.5, 0.6) is 0 Å². The number of carbonyl (C=O) groups excluding carboxylic acids is 3. The second-order valence-electron chi connectivity index (χ2n) is 10.2. The number of nitrogens with zero attached hydrogens (tertiary/aromatic N) is 1. The van der Waals surface area contributed by atoms with Gasteiger partial charge in [0, 0.05) is 19.4 Å². The molecule has 2 aromatic rings. The third-order valence-corrected chi connectivity index (χ3v) is 7.24. The van der Waals surface area contributed by atoms with E-state index in [4.69, 9.17) is 9.47 Å². The van der Waals surface area contributed by atoms with E-state index in [1.54, 1.807) is 4.90 Å². The highest BCUT2D eigenvalue weighted by Gasteiger charge is 2.32. The molecule has 2 amide bonds. The maximum absolute atomic E-state index is 13.5. The van der Waals surface area contributed by atoms with Gasteiger partial charge in [-0.05, 0) is 42.4 Å². The molecular formula is C31H38N2O6. The first-order valence-corrected chi connectivity index (χ1v) is 13.7. The summed E-state index contributed by atoms with van der Waals surface area (Å²) in [6.45, 7) is 0.813. The van der Waals surface area contributed by atoms with Crippen molar-refractivity contribution in [2.24, 2.45) is 5.92 Å². The van der Waals surface area contributed by atoms with E-state index in [2.05, 4.69) is 5.32 Å². The highest BCUT2D eigenvalue weighted by Crippen LogP contribution is 2.25. The van der Waals surface area contributed by atoms with Gasteiger partial charge in [-0.15, -0.1) is 0 Å². The van der Waals surface area contributed by atoms with Gasteiger partial charge in [-0.1, -0.05) is 66.7 Å². The molecule has 4 rings (SSSR count). The monoisotopic (exact) mass is 534 g/mol. The summed E-state index contributed by atoms with van der Waals surface area (Å²) in [7, 11) is 0. The van der Waals surface area contributed by atoms with Crippen molar-refractivity contribution in [1.82, 2.24) is 10.2 Å². The third kappa shape index (κ3) is 8.50. The number of aliphatic hydroxyl groups is 1. The largest absolute Gasteiger partial charge is 0.463 e. The smallest absolute Gasteiger partial charge is 0.305 e. The first kappa shape index (κ1) is 28.5. The van der Waals surface area contributed by atoms with Crippen molar-refractivity contribution in [3.8, 4) is 0 Å². The molecule has 2 N–H and O–H groups in total. The predicted molar refractivity (Wildman–Crippen MR) is 146 cm³/mol. The highest BCUT2D eigenvalue weighted by atomic mass is 16.5. The van der Waals surface area contributed by atoms with Crippen LogP contribution in [0.1, 0.15) is 48.8 Å². The van der Waals surface area contributed by atoms with E-state index in [0.717, 1.165) is 16.7 Å². The Morgan fingerprint density at radius 3 is 2.62 bits per heavy atom. The second-order valence-corrected chi connectivity index (χ2v) is 10.2. The number of cyclic esters (lactones) is 1. The molecule has 8 nitrogen and oxygen atoms in total. The lowest BCUT2D eigenvalue weighted by atomic mass is 9.92. The third-order valence-electron chi connectivity index (χ3n) is 7.24. The minimum atomic E-state index is -0.599. The second kappa shape index (κ2) is 14.6. The molecule has 0 saturated heterocycles. The van der Waals surface area contributed by atoms with Gasteiger partial charge in [-0.3, -0.25) is 14.4 Å². The molecule has 0 bridgehead atoms. The molecule has 2 heterocycles. The average molecular weight is 535 g/mol. The maximum atomic E-state index is 13.5. The van der Waals surface area contributed by atoms with Crippen molar-refractivity contribution >= 4 is 17.8 Å². The number of aliphatic hydroxyl groups excluding tert-OH is 1. The molecule has 0 fully saturated rings. The van der Waals surface area contributed by atoms with Crippen molar-refractivity contribution in [2.45, 2.75) is 63.8 Å². The van der Waals surface area contributed by atoms with E-state index < -0.39 is 12.0 Å². The summed E-state index contributed by atoms with van der Waals surface area (Å²) in [5, 5.41) is 13.0. The van der Waals surface area contributed by atoms with Crippen LogP contribution < -0.4 is 5.32 Å². The van der Waals surface area contributed by atoms with Gasteiger partial charge in [-0.2, -0.15) is 0 Å². The van der Waals surface area contributed by atoms with Crippen molar-refractivity contribution in [3.63, 3.8) is 0 Å². The van der Waals surface area contributed by atoms with Crippen molar-refractivity contribution < 1.29 is 29.0 Å². The summed E-state index contributed by atoms with van der Waals surface area (Å²) in [6.07, 6.45) is 6.51. The van der Waals surface area contributed by atoms with Gasteiger partial charge >= 0.3 is 5.97 Å². The molecule has 0 aromatic heterocycles. The van der Waals surface area contributed by atoms with E-state index in [-0.39, 0.29) is 50.1 Å². The van der Waals surface area contributed by atoms with Gasteiger partial charge in [0.2, 0.25) is 11.8 Å². The molecule has 2 aliphatic heterocycles. The summed E-state index contributed by atoms with van der Waals surface area (Å²) >= 11 is 0. The SMILES string of the molecule is O=C1CCCC=CC[C@H](CC(=O)N2Cc3ccccc3C[C@H]2CO)C(=O)N[C@@H](COCc2ccccc2)CO1. The van der Waals surface area contributed by atoms with Crippen LogP contribution in [0.25, 0.3) is 0 Å². The lowest BCUT2D eigenvalue weighted by Crippen LogP contribution is -2.49. The van der Waals surface area contributed by atoms with Gasteiger partial charge in [0.25, 0.3) is 0 Å². The molecule has 208 valence electrons. The van der Waals surface area contributed by atoms with Gasteiger partial charge in [0.1, 0.15) is 6.61 Å². The van der Waals surface area contributed by atoms with Gasteiger partial charge < -0.3 is 24.8 Å². The summed E-state index contributed by atoms with van der Waals surface area (Å²) in [5.74, 6) is -1.35. The number of fused-ring (bicyclic) bond motifs is 1. The Kier molecular flexibility index (Phi) is 10.7. The quantitative estimate of drug-likeness (QED) is 0.417. The van der Waals surface area contributed by atoms with Crippen LogP contribution in [-0.4, -0.2) is 59.7 Å². The summed E-state index contributed by atoms with van der Waals surface area (Å²) in [5.41, 5.74) is 3.20. The Hall–Kier alpha value is -3.49. The molecule has 8 heteroatoms. The number of carbonyl (C=O) groups is 3. The Bertz CT molecular complexity index is 1130. The molecule has 39 heavy (non-hydrogen) atoms. The zero-order chi connectivity index (χ0) is 27.5. The highest BCUT2D eigenvalue weighted by molar-refractivity contribution is 5.86. The van der Waals surface area contributed by atoms with E-state index in [0.29, 0.717) is 45.3 Å². The molecule has 0 aliphatic carbocycles. The summed E-state index contributed by atoms with van der Waals surface area (Å²) in [4.78, 5) is 40.8. The van der Waals surface area contributed by atoms with Crippen molar-refractivity contribution in [3.05, 3.63) is 83.4 Å². The Morgan fingerprint density at radius 1 is 1.05 bits per heavy atom. The zero-order valence-corrected chi connectivity index (χ0v) is 22.3. The van der Waals surface area contributed by atoms with Crippen LogP contribution in [0.2, 0.25) is 0 Å². The number of hydrogen-bond donors (Lipinski definition) is 2. The number of benzene rings is 2.